The number of benzene rings is 2. The van der Waals surface area contributed by atoms with Crippen LogP contribution in [0.4, 0.5) is 0 Å². The molecule has 0 spiro atoms. The summed E-state index contributed by atoms with van der Waals surface area (Å²) in [5, 5.41) is 5.91. The monoisotopic (exact) mass is 330 g/mol. The van der Waals surface area contributed by atoms with E-state index in [1.165, 1.54) is 10.6 Å². The zero-order valence-electron chi connectivity index (χ0n) is 13.0. The molecule has 1 atom stereocenters. The van der Waals surface area contributed by atoms with E-state index in [-0.39, 0.29) is 11.8 Å². The van der Waals surface area contributed by atoms with Gasteiger partial charge in [0, 0.05) is 19.2 Å². The SMILES string of the molecule is CC(c1ccc2ccccc2c1)N(C)S(=O)(=O)Cc1ccon1. The second kappa shape index (κ2) is 6.14. The summed E-state index contributed by atoms with van der Waals surface area (Å²) in [5.74, 6) is -0.169. The van der Waals surface area contributed by atoms with E-state index in [4.69, 9.17) is 4.52 Å². The molecule has 0 radical (unpaired) electrons. The van der Waals surface area contributed by atoms with E-state index >= 15 is 0 Å². The molecule has 0 fully saturated rings. The van der Waals surface area contributed by atoms with Gasteiger partial charge in [0.05, 0.1) is 5.69 Å². The van der Waals surface area contributed by atoms with Crippen molar-refractivity contribution in [2.75, 3.05) is 7.05 Å². The molecular formula is C17H18N2O3S. The summed E-state index contributed by atoms with van der Waals surface area (Å²) in [4.78, 5) is 0. The molecule has 0 aliphatic carbocycles. The van der Waals surface area contributed by atoms with Gasteiger partial charge in [-0.1, -0.05) is 41.6 Å². The molecule has 120 valence electrons. The van der Waals surface area contributed by atoms with E-state index in [0.717, 1.165) is 16.3 Å². The van der Waals surface area contributed by atoms with Crippen molar-refractivity contribution in [1.82, 2.24) is 9.46 Å². The Morgan fingerprint density at radius 2 is 1.87 bits per heavy atom. The zero-order chi connectivity index (χ0) is 16.4. The summed E-state index contributed by atoms with van der Waals surface area (Å²) in [7, 11) is -1.88. The molecule has 0 saturated heterocycles. The Hall–Kier alpha value is -2.18. The van der Waals surface area contributed by atoms with Crippen LogP contribution in [0.1, 0.15) is 24.2 Å². The molecule has 2 aromatic carbocycles. The Bertz CT molecular complexity index is 904. The van der Waals surface area contributed by atoms with Gasteiger partial charge in [0.2, 0.25) is 10.0 Å². The molecule has 5 nitrogen and oxygen atoms in total. The third-order valence-electron chi connectivity index (χ3n) is 4.06. The summed E-state index contributed by atoms with van der Waals surface area (Å²) >= 11 is 0. The Balaban J connectivity index is 1.86. The molecule has 0 saturated carbocycles. The van der Waals surface area contributed by atoms with Gasteiger partial charge in [0.15, 0.2) is 0 Å². The van der Waals surface area contributed by atoms with Gasteiger partial charge < -0.3 is 4.52 Å². The number of sulfonamides is 1. The lowest BCUT2D eigenvalue weighted by Crippen LogP contribution is -2.31. The van der Waals surface area contributed by atoms with Crippen LogP contribution >= 0.6 is 0 Å². The highest BCUT2D eigenvalue weighted by Gasteiger charge is 2.25. The topological polar surface area (TPSA) is 63.4 Å². The quantitative estimate of drug-likeness (QED) is 0.719. The van der Waals surface area contributed by atoms with Crippen molar-refractivity contribution >= 4 is 20.8 Å². The molecule has 1 unspecified atom stereocenters. The van der Waals surface area contributed by atoms with Crippen molar-refractivity contribution in [3.8, 4) is 0 Å². The van der Waals surface area contributed by atoms with Gasteiger partial charge in [-0.05, 0) is 29.3 Å². The minimum absolute atomic E-state index is 0.169. The molecule has 1 aromatic heterocycles. The minimum Gasteiger partial charge on any atom is -0.364 e. The van der Waals surface area contributed by atoms with E-state index in [0.29, 0.717) is 5.69 Å². The van der Waals surface area contributed by atoms with Crippen LogP contribution in [0, 0.1) is 0 Å². The largest absolute Gasteiger partial charge is 0.364 e. The van der Waals surface area contributed by atoms with Gasteiger partial charge in [0.1, 0.15) is 12.0 Å². The molecular weight excluding hydrogens is 312 g/mol. The Kier molecular flexibility index (Phi) is 4.19. The fraction of sp³-hybridized carbons (Fsp3) is 0.235. The predicted octanol–water partition coefficient (Wildman–Crippen LogP) is 3.35. The zero-order valence-corrected chi connectivity index (χ0v) is 13.8. The molecule has 0 aliphatic heterocycles. The minimum atomic E-state index is -3.47. The third-order valence-corrected chi connectivity index (χ3v) is 5.92. The van der Waals surface area contributed by atoms with E-state index < -0.39 is 10.0 Å². The number of rotatable bonds is 5. The maximum Gasteiger partial charge on any atom is 0.220 e. The first kappa shape index (κ1) is 15.7. The molecule has 0 N–H and O–H groups in total. The third kappa shape index (κ3) is 3.28. The van der Waals surface area contributed by atoms with Gasteiger partial charge in [-0.15, -0.1) is 0 Å². The van der Waals surface area contributed by atoms with Crippen LogP contribution in [0.25, 0.3) is 10.8 Å². The van der Waals surface area contributed by atoms with Crippen LogP contribution in [0.2, 0.25) is 0 Å². The molecule has 3 aromatic rings. The van der Waals surface area contributed by atoms with E-state index in [1.54, 1.807) is 13.1 Å². The van der Waals surface area contributed by atoms with Crippen molar-refractivity contribution in [1.29, 1.82) is 0 Å². The molecule has 0 aliphatic rings. The van der Waals surface area contributed by atoms with Crippen LogP contribution in [0.3, 0.4) is 0 Å². The first-order chi connectivity index (χ1) is 11.0. The van der Waals surface area contributed by atoms with Gasteiger partial charge in [0.25, 0.3) is 0 Å². The number of aromatic nitrogens is 1. The Labute approximate surface area is 135 Å². The second-order valence-corrected chi connectivity index (χ2v) is 7.57. The molecule has 1 heterocycles. The first-order valence-electron chi connectivity index (χ1n) is 7.31. The van der Waals surface area contributed by atoms with Crippen LogP contribution in [-0.2, 0) is 15.8 Å². The molecule has 0 bridgehead atoms. The maximum absolute atomic E-state index is 12.5. The highest BCUT2D eigenvalue weighted by Crippen LogP contribution is 2.26. The standard InChI is InChI=1S/C17H18N2O3S/c1-13(15-8-7-14-5-3-4-6-16(14)11-15)19(2)23(20,21)12-17-9-10-22-18-17/h3-11,13H,12H2,1-2H3. The lowest BCUT2D eigenvalue weighted by Gasteiger charge is -2.24. The van der Waals surface area contributed by atoms with Gasteiger partial charge in [-0.2, -0.15) is 4.31 Å². The first-order valence-corrected chi connectivity index (χ1v) is 8.92. The number of hydrogen-bond donors (Lipinski definition) is 0. The fourth-order valence-corrected chi connectivity index (χ4v) is 3.85. The average Bonchev–Trinajstić information content (AvgIpc) is 3.05. The van der Waals surface area contributed by atoms with Crippen molar-refractivity contribution in [3.05, 3.63) is 66.1 Å². The summed E-state index contributed by atoms with van der Waals surface area (Å²) < 4.78 is 31.1. The Morgan fingerprint density at radius 1 is 1.13 bits per heavy atom. The summed E-state index contributed by atoms with van der Waals surface area (Å²) in [6.07, 6.45) is 1.37. The molecule has 23 heavy (non-hydrogen) atoms. The van der Waals surface area contributed by atoms with Crippen molar-refractivity contribution in [3.63, 3.8) is 0 Å². The highest BCUT2D eigenvalue weighted by molar-refractivity contribution is 7.88. The van der Waals surface area contributed by atoms with E-state index in [9.17, 15) is 8.42 Å². The summed E-state index contributed by atoms with van der Waals surface area (Å²) in [5.41, 5.74) is 1.36. The molecule has 6 heteroatoms. The van der Waals surface area contributed by atoms with E-state index in [2.05, 4.69) is 5.16 Å². The number of nitrogens with zero attached hydrogens (tertiary/aromatic N) is 2. The van der Waals surface area contributed by atoms with E-state index in [1.807, 2.05) is 49.4 Å². The summed E-state index contributed by atoms with van der Waals surface area (Å²) in [6.45, 7) is 1.88. The average molecular weight is 330 g/mol. The number of fused-ring (bicyclic) bond motifs is 1. The molecule has 3 rings (SSSR count). The van der Waals surface area contributed by atoms with Crippen molar-refractivity contribution in [2.45, 2.75) is 18.7 Å². The van der Waals surface area contributed by atoms with Crippen molar-refractivity contribution in [2.24, 2.45) is 0 Å². The van der Waals surface area contributed by atoms with Crippen LogP contribution in [-0.4, -0.2) is 24.9 Å². The Morgan fingerprint density at radius 3 is 2.57 bits per heavy atom. The second-order valence-electron chi connectivity index (χ2n) is 5.55. The lowest BCUT2D eigenvalue weighted by atomic mass is 10.0. The normalized spacial score (nSPS) is 13.5. The molecule has 0 amide bonds. The summed E-state index contributed by atoms with van der Waals surface area (Å²) in [6, 6.07) is 15.3. The highest BCUT2D eigenvalue weighted by atomic mass is 32.2. The van der Waals surface area contributed by atoms with Crippen LogP contribution in [0.5, 0.6) is 0 Å². The van der Waals surface area contributed by atoms with Crippen LogP contribution < -0.4 is 0 Å². The lowest BCUT2D eigenvalue weighted by molar-refractivity contribution is 0.393. The maximum atomic E-state index is 12.5. The van der Waals surface area contributed by atoms with Gasteiger partial charge in [-0.3, -0.25) is 0 Å². The number of hydrogen-bond acceptors (Lipinski definition) is 4. The van der Waals surface area contributed by atoms with Gasteiger partial charge >= 0.3 is 0 Å². The van der Waals surface area contributed by atoms with Crippen molar-refractivity contribution < 1.29 is 12.9 Å². The predicted molar refractivity (Wildman–Crippen MR) is 89.3 cm³/mol. The van der Waals surface area contributed by atoms with Crippen LogP contribution in [0.15, 0.2) is 59.3 Å². The smallest absolute Gasteiger partial charge is 0.220 e. The van der Waals surface area contributed by atoms with Gasteiger partial charge in [-0.25, -0.2) is 8.42 Å². The fourth-order valence-electron chi connectivity index (χ4n) is 2.52.